The van der Waals surface area contributed by atoms with E-state index in [1.165, 1.54) is 11.1 Å². The zero-order chi connectivity index (χ0) is 17.1. The van der Waals surface area contributed by atoms with Crippen molar-refractivity contribution in [2.24, 2.45) is 0 Å². The van der Waals surface area contributed by atoms with Crippen molar-refractivity contribution in [1.82, 2.24) is 0 Å². The molecule has 0 amide bonds. The average Bonchev–Trinajstić information content (AvgIpc) is 2.52. The van der Waals surface area contributed by atoms with E-state index in [9.17, 15) is 19.6 Å². The molecule has 4 N–H and O–H groups in total. The van der Waals surface area contributed by atoms with Gasteiger partial charge in [-0.15, -0.1) is 0 Å². The molecular weight excluding hydrogens is 350 g/mol. The Bertz CT molecular complexity index is 642. The second-order valence-electron chi connectivity index (χ2n) is 5.55. The van der Waals surface area contributed by atoms with E-state index < -0.39 is 17.2 Å². The average molecular weight is 368 g/mol. The molecule has 4 aliphatic rings. The summed E-state index contributed by atoms with van der Waals surface area (Å²) in [4.78, 5) is 37.2. The highest BCUT2D eigenvalue weighted by Crippen LogP contribution is 2.46. The van der Waals surface area contributed by atoms with E-state index in [0.29, 0.717) is 12.8 Å². The lowest BCUT2D eigenvalue weighted by atomic mass is 9.95. The van der Waals surface area contributed by atoms with Gasteiger partial charge in [-0.25, -0.2) is 0 Å². The molecule has 8 heteroatoms. The molecule has 6 rings (SSSR count). The predicted octanol–water partition coefficient (Wildman–Crippen LogP) is 2.75. The predicted molar refractivity (Wildman–Crippen MR) is 91.7 cm³/mol. The van der Waals surface area contributed by atoms with E-state index in [1.807, 2.05) is 12.1 Å². The maximum atomic E-state index is 9.29. The van der Waals surface area contributed by atoms with Crippen LogP contribution in [0.2, 0.25) is 0 Å². The van der Waals surface area contributed by atoms with Crippen molar-refractivity contribution in [3.05, 3.63) is 58.7 Å². The van der Waals surface area contributed by atoms with Crippen molar-refractivity contribution >= 4 is 17.2 Å². The van der Waals surface area contributed by atoms with E-state index in [-0.39, 0.29) is 11.5 Å². The topological polar surface area (TPSA) is 99.4 Å². The molecule has 2 aromatic carbocycles. The molecule has 2 aromatic rings. The van der Waals surface area contributed by atoms with Gasteiger partial charge in [0.05, 0.1) is 0 Å². The third-order valence-corrected chi connectivity index (χ3v) is 4.70. The Hall–Kier alpha value is -1.26. The quantitative estimate of drug-likeness (QED) is 0.620. The van der Waals surface area contributed by atoms with Gasteiger partial charge in [-0.3, -0.25) is 0 Å². The fourth-order valence-electron chi connectivity index (χ4n) is 2.83. The van der Waals surface area contributed by atoms with E-state index >= 15 is 0 Å². The van der Waals surface area contributed by atoms with Crippen LogP contribution in [0, 0.1) is 0 Å². The van der Waals surface area contributed by atoms with Crippen molar-refractivity contribution in [3.8, 4) is 11.5 Å². The first-order valence-corrected chi connectivity index (χ1v) is 9.80. The van der Waals surface area contributed by atoms with Crippen LogP contribution in [0.3, 0.4) is 0 Å². The maximum absolute atomic E-state index is 9.29. The third kappa shape index (κ3) is 4.22. The summed E-state index contributed by atoms with van der Waals surface area (Å²) in [7, 11) is -5.28. The number of rotatable bonds is 4. The maximum Gasteiger partial charge on any atom is 0.391 e. The molecule has 0 aliphatic heterocycles. The van der Waals surface area contributed by atoms with Crippen LogP contribution in [0.25, 0.3) is 0 Å². The summed E-state index contributed by atoms with van der Waals surface area (Å²) in [6, 6.07) is 12.1. The molecule has 4 bridgehead atoms. The molecule has 0 unspecified atom stereocenters. The molecule has 0 atom stereocenters. The van der Waals surface area contributed by atoms with Crippen molar-refractivity contribution in [2.75, 3.05) is 0 Å². The first-order chi connectivity index (χ1) is 11.5. The van der Waals surface area contributed by atoms with Gasteiger partial charge in [0.15, 0.2) is 11.5 Å². The van der Waals surface area contributed by atoms with Crippen molar-refractivity contribution < 1.29 is 28.6 Å². The molecule has 6 nitrogen and oxygen atoms in total. The lowest BCUT2D eigenvalue weighted by Gasteiger charge is -2.20. The number of hydrogen-bond donors (Lipinski definition) is 4. The Balaban J connectivity index is 2.06. The minimum atomic E-state index is -2.64. The van der Waals surface area contributed by atoms with E-state index in [0.717, 1.165) is 24.0 Å². The Morgan fingerprint density at radius 1 is 0.583 bits per heavy atom. The fraction of sp³-hybridized carbons (Fsp3) is 0.250. The Morgan fingerprint density at radius 3 is 1.29 bits per heavy atom. The van der Waals surface area contributed by atoms with E-state index in [1.54, 1.807) is 0 Å². The van der Waals surface area contributed by atoms with Crippen molar-refractivity contribution in [1.29, 1.82) is 0 Å². The molecule has 128 valence electrons. The molecule has 4 aliphatic carbocycles. The summed E-state index contributed by atoms with van der Waals surface area (Å²) in [5.41, 5.74) is 3.79. The van der Waals surface area contributed by atoms with Gasteiger partial charge in [-0.05, 0) is 47.9 Å². The second-order valence-corrected chi connectivity index (χ2v) is 6.92. The lowest BCUT2D eigenvalue weighted by Crippen LogP contribution is -2.04. The van der Waals surface area contributed by atoms with Gasteiger partial charge >= 0.3 is 17.2 Å². The summed E-state index contributed by atoms with van der Waals surface area (Å²) in [6.07, 6.45) is 2.70. The molecule has 24 heavy (non-hydrogen) atoms. The largest absolute Gasteiger partial charge is 0.423 e. The molecule has 0 saturated heterocycles. The molecule has 0 spiro atoms. The normalized spacial score (nSPS) is 13.9. The zero-order valence-corrected chi connectivity index (χ0v) is 14.6. The summed E-state index contributed by atoms with van der Waals surface area (Å²) in [5.74, 6) is 0.350. The van der Waals surface area contributed by atoms with Crippen LogP contribution in [0.1, 0.15) is 22.3 Å². The minimum Gasteiger partial charge on any atom is -0.423 e. The minimum absolute atomic E-state index is 0.175. The van der Waals surface area contributed by atoms with Crippen LogP contribution in [0.15, 0.2) is 36.4 Å². The molecular formula is C16H18O6P2. The highest BCUT2D eigenvalue weighted by atomic mass is 31.2. The second kappa shape index (κ2) is 7.75. The SMILES string of the molecule is OP(O)Oc1c2ccc(c1OP(O)O)CCc1ccc(cc1)CC2. The highest BCUT2D eigenvalue weighted by molar-refractivity contribution is 7.40. The molecule has 0 radical (unpaired) electrons. The van der Waals surface area contributed by atoms with Gasteiger partial charge in [0.25, 0.3) is 0 Å². The number of hydrogen-bond acceptors (Lipinski definition) is 6. The fourth-order valence-corrected chi connectivity index (χ4v) is 3.56. The zero-order valence-electron chi connectivity index (χ0n) is 12.8. The lowest BCUT2D eigenvalue weighted by molar-refractivity contribution is 0.346. The van der Waals surface area contributed by atoms with Gasteiger partial charge in [0.1, 0.15) is 0 Å². The Labute approximate surface area is 142 Å². The van der Waals surface area contributed by atoms with Crippen molar-refractivity contribution in [2.45, 2.75) is 25.7 Å². The van der Waals surface area contributed by atoms with Gasteiger partial charge in [0.2, 0.25) is 0 Å². The van der Waals surface area contributed by atoms with Gasteiger partial charge in [-0.1, -0.05) is 36.4 Å². The van der Waals surface area contributed by atoms with Crippen LogP contribution in [0.4, 0.5) is 0 Å². The van der Waals surface area contributed by atoms with Crippen molar-refractivity contribution in [3.63, 3.8) is 0 Å². The van der Waals surface area contributed by atoms with Gasteiger partial charge < -0.3 is 28.6 Å². The van der Waals surface area contributed by atoms with Crippen LogP contribution in [0.5, 0.6) is 11.5 Å². The summed E-state index contributed by atoms with van der Waals surface area (Å²) >= 11 is 0. The third-order valence-electron chi connectivity index (χ3n) is 4.01. The summed E-state index contributed by atoms with van der Waals surface area (Å²) in [6.45, 7) is 0. The van der Waals surface area contributed by atoms with Crippen LogP contribution in [-0.4, -0.2) is 19.6 Å². The van der Waals surface area contributed by atoms with Crippen LogP contribution in [-0.2, 0) is 25.7 Å². The standard InChI is InChI=1S/C16H18O6P2/c17-23(18)21-15-13-7-5-11-1-2-12(4-3-11)6-8-14(10-9-13)16(15)22-24(19)20/h1-4,9-10,17-20H,5-8H2. The first kappa shape index (κ1) is 17.6. The highest BCUT2D eigenvalue weighted by Gasteiger charge is 2.22. The van der Waals surface area contributed by atoms with Gasteiger partial charge in [-0.2, -0.15) is 0 Å². The van der Waals surface area contributed by atoms with E-state index in [2.05, 4.69) is 24.3 Å². The molecule has 0 saturated carbocycles. The smallest absolute Gasteiger partial charge is 0.391 e. The first-order valence-electron chi connectivity index (χ1n) is 7.47. The van der Waals surface area contributed by atoms with Crippen LogP contribution < -0.4 is 9.05 Å². The number of benzene rings is 2. The summed E-state index contributed by atoms with van der Waals surface area (Å²) < 4.78 is 10.4. The van der Waals surface area contributed by atoms with Crippen LogP contribution >= 0.6 is 17.2 Å². The summed E-state index contributed by atoms with van der Waals surface area (Å²) in [5, 5.41) is 0. The monoisotopic (exact) mass is 368 g/mol. The Kier molecular flexibility index (Phi) is 5.67. The molecule has 0 aromatic heterocycles. The number of aryl methyl sites for hydroxylation is 4. The molecule has 0 heterocycles. The van der Waals surface area contributed by atoms with E-state index in [4.69, 9.17) is 9.05 Å². The van der Waals surface area contributed by atoms with Gasteiger partial charge in [0, 0.05) is 0 Å². The molecule has 0 fully saturated rings. The Morgan fingerprint density at radius 2 is 0.958 bits per heavy atom.